The minimum Gasteiger partial charge on any atom is -0.361 e. The van der Waals surface area contributed by atoms with Crippen molar-refractivity contribution in [1.29, 1.82) is 0 Å². The molecule has 1 N–H and O–H groups in total. The number of benzene rings is 1. The number of fused-ring (bicyclic) bond motifs is 1. The zero-order valence-electron chi connectivity index (χ0n) is 13.5. The van der Waals surface area contributed by atoms with Gasteiger partial charge < -0.3 is 9.51 Å². The zero-order chi connectivity index (χ0) is 17.6. The number of aromatic amines is 1. The van der Waals surface area contributed by atoms with Gasteiger partial charge in [-0.05, 0) is 38.1 Å². The van der Waals surface area contributed by atoms with Crippen LogP contribution in [0.1, 0.15) is 11.5 Å². The number of nitrogens with one attached hydrogen (secondary N) is 1. The molecular formula is C18H14FN3O2S. The Balaban J connectivity index is 1.86. The fourth-order valence-corrected chi connectivity index (χ4v) is 4.07. The minimum absolute atomic E-state index is 0.406. The van der Waals surface area contributed by atoms with Crippen molar-refractivity contribution in [3.63, 3.8) is 0 Å². The molecule has 7 heteroatoms. The van der Waals surface area contributed by atoms with Crippen LogP contribution in [-0.4, -0.2) is 19.3 Å². The van der Waals surface area contributed by atoms with Crippen molar-refractivity contribution in [2.24, 2.45) is 0 Å². The molecule has 0 fully saturated rings. The predicted molar refractivity (Wildman–Crippen MR) is 92.1 cm³/mol. The van der Waals surface area contributed by atoms with E-state index in [9.17, 15) is 8.60 Å². The molecule has 0 spiro atoms. The SMILES string of the molecule is Cc1noc(C)c1-c1cnc2[nH]cc(S(=O)c3cccc(F)c3)c2c1. The Kier molecular flexibility index (Phi) is 3.73. The average molecular weight is 355 g/mol. The van der Waals surface area contributed by atoms with Gasteiger partial charge in [0.25, 0.3) is 0 Å². The van der Waals surface area contributed by atoms with Gasteiger partial charge in [-0.25, -0.2) is 13.6 Å². The maximum atomic E-state index is 13.4. The molecule has 4 aromatic rings. The van der Waals surface area contributed by atoms with Gasteiger partial charge in [0, 0.05) is 33.8 Å². The topological polar surface area (TPSA) is 71.8 Å². The molecule has 0 saturated heterocycles. The highest BCUT2D eigenvalue weighted by molar-refractivity contribution is 7.85. The molecule has 0 aliphatic rings. The molecular weight excluding hydrogens is 341 g/mol. The summed E-state index contributed by atoms with van der Waals surface area (Å²) >= 11 is 0. The van der Waals surface area contributed by atoms with E-state index in [0.717, 1.165) is 22.2 Å². The summed E-state index contributed by atoms with van der Waals surface area (Å²) in [6, 6.07) is 7.69. The van der Waals surface area contributed by atoms with E-state index in [0.29, 0.717) is 21.2 Å². The Hall–Kier alpha value is -2.80. The third kappa shape index (κ3) is 2.66. The summed E-state index contributed by atoms with van der Waals surface area (Å²) in [4.78, 5) is 8.38. The van der Waals surface area contributed by atoms with Crippen LogP contribution in [0.15, 0.2) is 57.0 Å². The van der Waals surface area contributed by atoms with Crippen molar-refractivity contribution in [2.75, 3.05) is 0 Å². The summed E-state index contributed by atoms with van der Waals surface area (Å²) in [7, 11) is -1.52. The van der Waals surface area contributed by atoms with Crippen LogP contribution in [0.2, 0.25) is 0 Å². The Morgan fingerprint density at radius 1 is 1.24 bits per heavy atom. The van der Waals surface area contributed by atoms with E-state index in [1.165, 1.54) is 12.1 Å². The summed E-state index contributed by atoms with van der Waals surface area (Å²) in [6.45, 7) is 3.70. The summed E-state index contributed by atoms with van der Waals surface area (Å²) in [5, 5.41) is 4.69. The molecule has 1 unspecified atom stereocenters. The normalized spacial score (nSPS) is 12.6. The summed E-state index contributed by atoms with van der Waals surface area (Å²) in [6.07, 6.45) is 3.37. The van der Waals surface area contributed by atoms with Gasteiger partial charge in [0.05, 0.1) is 21.4 Å². The van der Waals surface area contributed by atoms with Crippen molar-refractivity contribution in [2.45, 2.75) is 23.6 Å². The van der Waals surface area contributed by atoms with Crippen molar-refractivity contribution >= 4 is 21.8 Å². The first-order valence-corrected chi connectivity index (χ1v) is 8.77. The number of halogens is 1. The Morgan fingerprint density at radius 3 is 2.80 bits per heavy atom. The van der Waals surface area contributed by atoms with Gasteiger partial charge >= 0.3 is 0 Å². The van der Waals surface area contributed by atoms with Crippen LogP contribution in [0.4, 0.5) is 4.39 Å². The minimum atomic E-state index is -1.52. The average Bonchev–Trinajstić information content (AvgIpc) is 3.17. The molecule has 3 aromatic heterocycles. The maximum absolute atomic E-state index is 13.4. The molecule has 0 radical (unpaired) electrons. The lowest BCUT2D eigenvalue weighted by Gasteiger charge is -2.03. The van der Waals surface area contributed by atoms with Crippen molar-refractivity contribution in [3.8, 4) is 11.1 Å². The molecule has 1 atom stereocenters. The van der Waals surface area contributed by atoms with Crippen molar-refractivity contribution in [3.05, 3.63) is 60.0 Å². The molecule has 0 saturated carbocycles. The van der Waals surface area contributed by atoms with E-state index in [-0.39, 0.29) is 0 Å². The van der Waals surface area contributed by atoms with Gasteiger partial charge in [-0.2, -0.15) is 0 Å². The van der Waals surface area contributed by atoms with Crippen molar-refractivity contribution < 1.29 is 13.1 Å². The van der Waals surface area contributed by atoms with Gasteiger partial charge in [-0.15, -0.1) is 0 Å². The van der Waals surface area contributed by atoms with Gasteiger partial charge in [0.2, 0.25) is 0 Å². The second-order valence-corrected chi connectivity index (χ2v) is 7.15. The largest absolute Gasteiger partial charge is 0.361 e. The molecule has 4 rings (SSSR count). The summed E-state index contributed by atoms with van der Waals surface area (Å²) in [5.74, 6) is 0.280. The van der Waals surface area contributed by atoms with Crippen LogP contribution in [-0.2, 0) is 10.8 Å². The number of nitrogens with zero attached hydrogens (tertiary/aromatic N) is 2. The molecule has 0 amide bonds. The molecule has 25 heavy (non-hydrogen) atoms. The zero-order valence-corrected chi connectivity index (χ0v) is 14.4. The summed E-state index contributed by atoms with van der Waals surface area (Å²) in [5.41, 5.74) is 3.09. The van der Waals surface area contributed by atoms with E-state index < -0.39 is 16.6 Å². The molecule has 3 heterocycles. The lowest BCUT2D eigenvalue weighted by molar-refractivity contribution is 0.393. The van der Waals surface area contributed by atoms with Crippen LogP contribution >= 0.6 is 0 Å². The number of rotatable bonds is 3. The van der Waals surface area contributed by atoms with Crippen LogP contribution in [0.3, 0.4) is 0 Å². The lowest BCUT2D eigenvalue weighted by atomic mass is 10.1. The molecule has 126 valence electrons. The van der Waals surface area contributed by atoms with Crippen molar-refractivity contribution in [1.82, 2.24) is 15.1 Å². The van der Waals surface area contributed by atoms with Crippen LogP contribution in [0.5, 0.6) is 0 Å². The molecule has 0 aliphatic heterocycles. The Labute approximate surface area is 145 Å². The first-order valence-electron chi connectivity index (χ1n) is 7.62. The second kappa shape index (κ2) is 5.93. The predicted octanol–water partition coefficient (Wildman–Crippen LogP) is 4.14. The first kappa shape index (κ1) is 15.7. The van der Waals surface area contributed by atoms with E-state index in [1.807, 2.05) is 19.9 Å². The number of hydrogen-bond acceptors (Lipinski definition) is 4. The van der Waals surface area contributed by atoms with E-state index in [4.69, 9.17) is 4.52 Å². The van der Waals surface area contributed by atoms with Crippen LogP contribution < -0.4 is 0 Å². The Bertz CT molecular complexity index is 1100. The highest BCUT2D eigenvalue weighted by Gasteiger charge is 2.17. The van der Waals surface area contributed by atoms with Gasteiger partial charge in [0.15, 0.2) is 0 Å². The highest BCUT2D eigenvalue weighted by atomic mass is 32.2. The number of aryl methyl sites for hydroxylation is 2. The molecule has 0 bridgehead atoms. The second-order valence-electron chi connectivity index (χ2n) is 5.70. The number of aromatic nitrogens is 3. The Morgan fingerprint density at radius 2 is 2.08 bits per heavy atom. The highest BCUT2D eigenvalue weighted by Crippen LogP contribution is 2.31. The van der Waals surface area contributed by atoms with E-state index in [1.54, 1.807) is 24.5 Å². The van der Waals surface area contributed by atoms with Gasteiger partial charge in [-0.1, -0.05) is 11.2 Å². The first-order chi connectivity index (χ1) is 12.0. The monoisotopic (exact) mass is 355 g/mol. The standard InChI is InChI=1S/C18H14FN3O2S/c1-10-17(11(2)24-22-10)12-6-15-16(9-21-18(15)20-8-12)25(23)14-5-3-4-13(19)7-14/h3-9H,1-2H3,(H,20,21). The smallest absolute Gasteiger partial charge is 0.141 e. The molecule has 1 aromatic carbocycles. The molecule has 0 aliphatic carbocycles. The summed E-state index contributed by atoms with van der Waals surface area (Å²) < 4.78 is 31.5. The quantitative estimate of drug-likeness (QED) is 0.599. The maximum Gasteiger partial charge on any atom is 0.141 e. The number of H-pyrrole nitrogens is 1. The number of hydrogen-bond donors (Lipinski definition) is 1. The number of pyridine rings is 1. The van der Waals surface area contributed by atoms with E-state index >= 15 is 0 Å². The third-order valence-corrected chi connectivity index (χ3v) is 5.44. The van der Waals surface area contributed by atoms with Crippen LogP contribution in [0, 0.1) is 19.7 Å². The van der Waals surface area contributed by atoms with E-state index in [2.05, 4.69) is 15.1 Å². The fraction of sp³-hybridized carbons (Fsp3) is 0.111. The van der Waals surface area contributed by atoms with Crippen LogP contribution in [0.25, 0.3) is 22.2 Å². The lowest BCUT2D eigenvalue weighted by Crippen LogP contribution is -1.93. The van der Waals surface area contributed by atoms with Gasteiger partial charge in [-0.3, -0.25) is 0 Å². The third-order valence-electron chi connectivity index (χ3n) is 4.03. The fourth-order valence-electron chi connectivity index (χ4n) is 2.87. The van der Waals surface area contributed by atoms with Gasteiger partial charge in [0.1, 0.15) is 17.2 Å². The molecule has 5 nitrogen and oxygen atoms in total.